The van der Waals surface area contributed by atoms with E-state index < -0.39 is 0 Å². The summed E-state index contributed by atoms with van der Waals surface area (Å²) in [5.74, 6) is 1.88. The first kappa shape index (κ1) is 23.6. The van der Waals surface area contributed by atoms with Crippen molar-refractivity contribution in [1.29, 1.82) is 0 Å². The van der Waals surface area contributed by atoms with Gasteiger partial charge in [0.2, 0.25) is 5.88 Å². The fraction of sp³-hybridized carbons (Fsp3) is 0.526. The molecule has 2 aromatic rings. The third kappa shape index (κ3) is 8.00. The number of nitrogens with one attached hydrogen (secondary N) is 2. The van der Waals surface area contributed by atoms with Crippen LogP contribution < -0.4 is 15.4 Å². The molecule has 2 aromatic heterocycles. The van der Waals surface area contributed by atoms with Crippen molar-refractivity contribution in [3.8, 4) is 5.88 Å². The fourth-order valence-corrected chi connectivity index (χ4v) is 3.11. The Balaban J connectivity index is 0.00000364. The van der Waals surface area contributed by atoms with Crippen LogP contribution in [0.1, 0.15) is 56.3 Å². The zero-order valence-corrected chi connectivity index (χ0v) is 19.6. The second kappa shape index (κ2) is 12.9. The van der Waals surface area contributed by atoms with Gasteiger partial charge in [-0.15, -0.1) is 35.3 Å². The lowest BCUT2D eigenvalue weighted by Crippen LogP contribution is -2.36. The van der Waals surface area contributed by atoms with Gasteiger partial charge in [-0.1, -0.05) is 26.8 Å². The highest BCUT2D eigenvalue weighted by atomic mass is 127. The minimum Gasteiger partial charge on any atom is -0.477 e. The van der Waals surface area contributed by atoms with E-state index in [9.17, 15) is 0 Å². The Morgan fingerprint density at radius 3 is 2.78 bits per heavy atom. The first-order valence-corrected chi connectivity index (χ1v) is 10.0. The number of rotatable bonds is 9. The van der Waals surface area contributed by atoms with Gasteiger partial charge in [-0.05, 0) is 25.3 Å². The molecule has 150 valence electrons. The molecule has 8 heteroatoms. The molecule has 0 atom stereocenters. The van der Waals surface area contributed by atoms with Crippen LogP contribution in [0.3, 0.4) is 0 Å². The minimum absolute atomic E-state index is 0. The van der Waals surface area contributed by atoms with Gasteiger partial charge in [-0.25, -0.2) is 15.0 Å². The standard InChI is InChI=1S/C19H29N5OS.HI/c1-5-10-25-18-15(8-7-9-21-18)11-22-19(20-6-2)23-12-17-24-16(13-26-17)14(3)4;/h7-9,13-14H,5-6,10-12H2,1-4H3,(H2,20,22,23);1H. The Morgan fingerprint density at radius 1 is 1.30 bits per heavy atom. The van der Waals surface area contributed by atoms with E-state index in [1.807, 2.05) is 12.1 Å². The Labute approximate surface area is 183 Å². The van der Waals surface area contributed by atoms with Crippen LogP contribution in [0.2, 0.25) is 0 Å². The summed E-state index contributed by atoms with van der Waals surface area (Å²) >= 11 is 1.68. The van der Waals surface area contributed by atoms with Gasteiger partial charge in [0, 0.05) is 23.7 Å². The number of hydrogen-bond acceptors (Lipinski definition) is 5. The predicted molar refractivity (Wildman–Crippen MR) is 123 cm³/mol. The minimum atomic E-state index is 0. The number of thiazole rings is 1. The van der Waals surface area contributed by atoms with Crippen molar-refractivity contribution in [3.05, 3.63) is 40.0 Å². The van der Waals surface area contributed by atoms with Crippen LogP contribution in [-0.4, -0.2) is 29.1 Å². The molecule has 0 aliphatic rings. The Hall–Kier alpha value is -1.42. The smallest absolute Gasteiger partial charge is 0.218 e. The average Bonchev–Trinajstić information content (AvgIpc) is 3.12. The summed E-state index contributed by atoms with van der Waals surface area (Å²) in [5.41, 5.74) is 2.12. The van der Waals surface area contributed by atoms with E-state index in [1.54, 1.807) is 17.5 Å². The molecule has 0 saturated carbocycles. The maximum atomic E-state index is 5.70. The summed E-state index contributed by atoms with van der Waals surface area (Å²) in [6, 6.07) is 3.91. The molecule has 0 unspecified atom stereocenters. The number of aromatic nitrogens is 2. The highest BCUT2D eigenvalue weighted by molar-refractivity contribution is 14.0. The molecule has 2 N–H and O–H groups in total. The molecule has 6 nitrogen and oxygen atoms in total. The summed E-state index contributed by atoms with van der Waals surface area (Å²) in [5, 5.41) is 9.80. The monoisotopic (exact) mass is 503 g/mol. The van der Waals surface area contributed by atoms with Gasteiger partial charge in [-0.3, -0.25) is 0 Å². The van der Waals surface area contributed by atoms with E-state index in [4.69, 9.17) is 4.74 Å². The molecule has 0 aliphatic heterocycles. The van der Waals surface area contributed by atoms with Crippen LogP contribution in [0.25, 0.3) is 0 Å². The summed E-state index contributed by atoms with van der Waals surface area (Å²) < 4.78 is 5.70. The second-order valence-electron chi connectivity index (χ2n) is 6.19. The van der Waals surface area contributed by atoms with Crippen LogP contribution in [0.4, 0.5) is 0 Å². The zero-order valence-electron chi connectivity index (χ0n) is 16.5. The van der Waals surface area contributed by atoms with Crippen molar-refractivity contribution in [3.63, 3.8) is 0 Å². The molecule has 0 spiro atoms. The molecule has 0 radical (unpaired) electrons. The summed E-state index contributed by atoms with van der Waals surface area (Å²) in [7, 11) is 0. The number of halogens is 1. The third-order valence-electron chi connectivity index (χ3n) is 3.61. The van der Waals surface area contributed by atoms with E-state index in [0.717, 1.165) is 35.2 Å². The number of hydrogen-bond donors (Lipinski definition) is 2. The number of guanidine groups is 1. The third-order valence-corrected chi connectivity index (χ3v) is 4.48. The van der Waals surface area contributed by atoms with Crippen LogP contribution >= 0.6 is 35.3 Å². The maximum Gasteiger partial charge on any atom is 0.218 e. The van der Waals surface area contributed by atoms with Crippen LogP contribution in [0.15, 0.2) is 28.7 Å². The van der Waals surface area contributed by atoms with Gasteiger partial charge in [-0.2, -0.15) is 0 Å². The van der Waals surface area contributed by atoms with Crippen molar-refractivity contribution in [1.82, 2.24) is 20.6 Å². The molecular weight excluding hydrogens is 473 g/mol. The molecule has 0 fully saturated rings. The summed E-state index contributed by atoms with van der Waals surface area (Å²) in [4.78, 5) is 13.6. The molecule has 0 saturated heterocycles. The number of aliphatic imine (C=N–C) groups is 1. The average molecular weight is 503 g/mol. The number of ether oxygens (including phenoxy) is 1. The highest BCUT2D eigenvalue weighted by Crippen LogP contribution is 2.18. The lowest BCUT2D eigenvalue weighted by molar-refractivity contribution is 0.302. The molecular formula is C19H30IN5OS. The Kier molecular flexibility index (Phi) is 11.3. The van der Waals surface area contributed by atoms with Crippen molar-refractivity contribution >= 4 is 41.3 Å². The molecule has 2 heterocycles. The van der Waals surface area contributed by atoms with E-state index >= 15 is 0 Å². The lowest BCUT2D eigenvalue weighted by Gasteiger charge is -2.11. The molecule has 0 amide bonds. The van der Waals surface area contributed by atoms with Gasteiger partial charge in [0.05, 0.1) is 25.4 Å². The van der Waals surface area contributed by atoms with Crippen molar-refractivity contribution < 1.29 is 4.74 Å². The van der Waals surface area contributed by atoms with Crippen molar-refractivity contribution in [2.75, 3.05) is 13.2 Å². The second-order valence-corrected chi connectivity index (χ2v) is 7.13. The summed E-state index contributed by atoms with van der Waals surface area (Å²) in [6.45, 7) is 11.1. The largest absolute Gasteiger partial charge is 0.477 e. The van der Waals surface area contributed by atoms with Gasteiger partial charge >= 0.3 is 0 Å². The highest BCUT2D eigenvalue weighted by Gasteiger charge is 2.07. The first-order chi connectivity index (χ1) is 12.6. The number of nitrogens with zero attached hydrogens (tertiary/aromatic N) is 3. The van der Waals surface area contributed by atoms with E-state index in [-0.39, 0.29) is 24.0 Å². The van der Waals surface area contributed by atoms with Crippen LogP contribution in [0.5, 0.6) is 5.88 Å². The zero-order chi connectivity index (χ0) is 18.8. The first-order valence-electron chi connectivity index (χ1n) is 9.17. The number of pyridine rings is 1. The molecule has 0 aliphatic carbocycles. The van der Waals surface area contributed by atoms with Gasteiger partial charge in [0.1, 0.15) is 5.01 Å². The molecule has 2 rings (SSSR count). The van der Waals surface area contributed by atoms with Crippen LogP contribution in [-0.2, 0) is 13.1 Å². The van der Waals surface area contributed by atoms with Crippen LogP contribution in [0, 0.1) is 0 Å². The van der Waals surface area contributed by atoms with Gasteiger partial charge in [0.15, 0.2) is 5.96 Å². The molecule has 0 bridgehead atoms. The Morgan fingerprint density at radius 2 is 2.11 bits per heavy atom. The normalized spacial score (nSPS) is 11.2. The maximum absolute atomic E-state index is 5.70. The molecule has 0 aromatic carbocycles. The van der Waals surface area contributed by atoms with Gasteiger partial charge < -0.3 is 15.4 Å². The van der Waals surface area contributed by atoms with E-state index in [0.29, 0.717) is 31.5 Å². The van der Waals surface area contributed by atoms with Gasteiger partial charge in [0.25, 0.3) is 0 Å². The quantitative estimate of drug-likeness (QED) is 0.303. The predicted octanol–water partition coefficient (Wildman–Crippen LogP) is 4.32. The SMILES string of the molecule is CCCOc1ncccc1CN=C(NCC)NCc1nc(C(C)C)cs1.I. The topological polar surface area (TPSA) is 71.4 Å². The lowest BCUT2D eigenvalue weighted by atomic mass is 10.2. The Bertz CT molecular complexity index is 705. The van der Waals surface area contributed by atoms with Crippen molar-refractivity contribution in [2.24, 2.45) is 4.99 Å². The molecule has 27 heavy (non-hydrogen) atoms. The van der Waals surface area contributed by atoms with Crippen molar-refractivity contribution in [2.45, 2.75) is 53.1 Å². The van der Waals surface area contributed by atoms with E-state index in [1.165, 1.54) is 0 Å². The fourth-order valence-electron chi connectivity index (χ4n) is 2.21. The van der Waals surface area contributed by atoms with E-state index in [2.05, 4.69) is 58.7 Å². The summed E-state index contributed by atoms with van der Waals surface area (Å²) in [6.07, 6.45) is 2.70.